The predicted molar refractivity (Wildman–Crippen MR) is 103 cm³/mol. The van der Waals surface area contributed by atoms with Crippen LogP contribution < -0.4 is 5.32 Å². The molecule has 6 nitrogen and oxygen atoms in total. The monoisotopic (exact) mass is 411 g/mol. The molecule has 2 heterocycles. The molecule has 10 heteroatoms. The maximum atomic E-state index is 11.6. The Kier molecular flexibility index (Phi) is 6.46. The third-order valence-electron chi connectivity index (χ3n) is 3.03. The molecule has 0 bridgehead atoms. The van der Waals surface area contributed by atoms with Crippen LogP contribution in [0.2, 0.25) is 5.02 Å². The zero-order chi connectivity index (χ0) is 17.6. The molecule has 1 amide bonds. The summed E-state index contributed by atoms with van der Waals surface area (Å²) in [4.78, 5) is 20.2. The summed E-state index contributed by atoms with van der Waals surface area (Å²) in [5.41, 5.74) is 0.789. The Labute approximate surface area is 162 Å². The first-order chi connectivity index (χ1) is 12.2. The molecule has 130 valence electrons. The number of thioether (sulfide) groups is 1. The zero-order valence-corrected chi connectivity index (χ0v) is 16.4. The SMILES string of the molecule is CCCNC(=O)CSc1nnc(Sc2ncnc3cc(Cl)ccc23)s1. The lowest BCUT2D eigenvalue weighted by Gasteiger charge is -2.02. The number of halogens is 1. The second-order valence-corrected chi connectivity index (χ2v) is 8.79. The molecule has 0 fully saturated rings. The van der Waals surface area contributed by atoms with Crippen molar-refractivity contribution in [2.24, 2.45) is 0 Å². The molecule has 0 atom stereocenters. The van der Waals surface area contributed by atoms with Gasteiger partial charge in [0, 0.05) is 17.0 Å². The fraction of sp³-hybridized carbons (Fsp3) is 0.267. The number of fused-ring (bicyclic) bond motifs is 1. The lowest BCUT2D eigenvalue weighted by Crippen LogP contribution is -2.25. The summed E-state index contributed by atoms with van der Waals surface area (Å²) in [6, 6.07) is 5.52. The molecule has 1 N–H and O–H groups in total. The van der Waals surface area contributed by atoms with E-state index < -0.39 is 0 Å². The van der Waals surface area contributed by atoms with Crippen LogP contribution in [-0.2, 0) is 4.79 Å². The Balaban J connectivity index is 1.67. The number of nitrogens with zero attached hydrogens (tertiary/aromatic N) is 4. The summed E-state index contributed by atoms with van der Waals surface area (Å²) < 4.78 is 1.53. The van der Waals surface area contributed by atoms with Crippen LogP contribution in [0.3, 0.4) is 0 Å². The van der Waals surface area contributed by atoms with E-state index in [2.05, 4.69) is 25.5 Å². The highest BCUT2D eigenvalue weighted by Gasteiger charge is 2.12. The molecule has 0 radical (unpaired) electrons. The van der Waals surface area contributed by atoms with Gasteiger partial charge in [0.2, 0.25) is 5.91 Å². The largest absolute Gasteiger partial charge is 0.355 e. The van der Waals surface area contributed by atoms with Crippen molar-refractivity contribution in [1.29, 1.82) is 0 Å². The Bertz CT molecular complexity index is 888. The minimum Gasteiger partial charge on any atom is -0.355 e. The molecule has 0 aliphatic carbocycles. The molecule has 1 aromatic carbocycles. The Morgan fingerprint density at radius 2 is 2.12 bits per heavy atom. The van der Waals surface area contributed by atoms with E-state index in [1.54, 1.807) is 6.07 Å². The van der Waals surface area contributed by atoms with Gasteiger partial charge >= 0.3 is 0 Å². The number of hydrogen-bond donors (Lipinski definition) is 1. The minimum atomic E-state index is 0.00919. The van der Waals surface area contributed by atoms with E-state index in [0.29, 0.717) is 17.3 Å². The molecular weight excluding hydrogens is 398 g/mol. The van der Waals surface area contributed by atoms with Crippen molar-refractivity contribution < 1.29 is 4.79 Å². The molecule has 0 saturated heterocycles. The van der Waals surface area contributed by atoms with Crippen molar-refractivity contribution in [1.82, 2.24) is 25.5 Å². The first-order valence-electron chi connectivity index (χ1n) is 7.47. The number of carbonyl (C=O) groups is 1. The first kappa shape index (κ1) is 18.4. The summed E-state index contributed by atoms with van der Waals surface area (Å²) in [5, 5.41) is 13.5. The van der Waals surface area contributed by atoms with Crippen molar-refractivity contribution in [3.63, 3.8) is 0 Å². The average Bonchev–Trinajstić information content (AvgIpc) is 3.05. The van der Waals surface area contributed by atoms with Gasteiger partial charge in [0.25, 0.3) is 0 Å². The number of hydrogen-bond acceptors (Lipinski definition) is 8. The van der Waals surface area contributed by atoms with Crippen LogP contribution in [0.25, 0.3) is 10.9 Å². The van der Waals surface area contributed by atoms with Crippen LogP contribution in [0.1, 0.15) is 13.3 Å². The summed E-state index contributed by atoms with van der Waals surface area (Å²) >= 11 is 10.3. The summed E-state index contributed by atoms with van der Waals surface area (Å²) in [6.07, 6.45) is 2.43. The molecule has 0 aliphatic rings. The van der Waals surface area contributed by atoms with Gasteiger partial charge in [-0.15, -0.1) is 10.2 Å². The maximum Gasteiger partial charge on any atom is 0.230 e. The third kappa shape index (κ3) is 5.04. The highest BCUT2D eigenvalue weighted by molar-refractivity contribution is 8.03. The van der Waals surface area contributed by atoms with Crippen molar-refractivity contribution >= 4 is 63.3 Å². The molecule has 0 spiro atoms. The van der Waals surface area contributed by atoms with Crippen LogP contribution in [0, 0.1) is 0 Å². The molecule has 0 unspecified atom stereocenters. The van der Waals surface area contributed by atoms with E-state index in [1.807, 2.05) is 19.1 Å². The molecule has 3 aromatic rings. The quantitative estimate of drug-likeness (QED) is 0.466. The predicted octanol–water partition coefficient (Wildman–Crippen LogP) is 3.90. The third-order valence-corrected chi connectivity index (χ3v) is 6.39. The van der Waals surface area contributed by atoms with E-state index in [-0.39, 0.29) is 5.91 Å². The molecular formula is C15H14ClN5OS3. The number of nitrogens with one attached hydrogen (secondary N) is 1. The normalized spacial score (nSPS) is 11.0. The van der Waals surface area contributed by atoms with Crippen LogP contribution in [0.5, 0.6) is 0 Å². The Hall–Kier alpha value is -1.42. The lowest BCUT2D eigenvalue weighted by atomic mass is 10.2. The average molecular weight is 412 g/mol. The van der Waals surface area contributed by atoms with Gasteiger partial charge in [0.1, 0.15) is 11.4 Å². The second-order valence-electron chi connectivity index (χ2n) is 4.91. The number of amides is 1. The van der Waals surface area contributed by atoms with Crippen molar-refractivity contribution in [3.8, 4) is 0 Å². The van der Waals surface area contributed by atoms with Crippen LogP contribution in [0.15, 0.2) is 38.2 Å². The first-order valence-corrected chi connectivity index (χ1v) is 10.5. The number of benzene rings is 1. The minimum absolute atomic E-state index is 0.00919. The topological polar surface area (TPSA) is 80.7 Å². The summed E-state index contributed by atoms with van der Waals surface area (Å²) in [6.45, 7) is 2.72. The van der Waals surface area contributed by atoms with Gasteiger partial charge in [-0.2, -0.15) is 0 Å². The van der Waals surface area contributed by atoms with E-state index >= 15 is 0 Å². The van der Waals surface area contributed by atoms with E-state index in [0.717, 1.165) is 31.0 Å². The van der Waals surface area contributed by atoms with Gasteiger partial charge in [-0.25, -0.2) is 9.97 Å². The molecule has 25 heavy (non-hydrogen) atoms. The number of carbonyl (C=O) groups excluding carboxylic acids is 1. The van der Waals surface area contributed by atoms with Crippen LogP contribution in [-0.4, -0.2) is 38.4 Å². The zero-order valence-electron chi connectivity index (χ0n) is 13.2. The van der Waals surface area contributed by atoms with Crippen molar-refractivity contribution in [2.45, 2.75) is 27.0 Å². The van der Waals surface area contributed by atoms with Gasteiger partial charge in [0.15, 0.2) is 8.68 Å². The highest BCUT2D eigenvalue weighted by atomic mass is 35.5. The smallest absolute Gasteiger partial charge is 0.230 e. The van der Waals surface area contributed by atoms with Gasteiger partial charge in [0.05, 0.1) is 11.3 Å². The van der Waals surface area contributed by atoms with Crippen molar-refractivity contribution in [2.75, 3.05) is 12.3 Å². The lowest BCUT2D eigenvalue weighted by molar-refractivity contribution is -0.118. The van der Waals surface area contributed by atoms with Crippen LogP contribution >= 0.6 is 46.5 Å². The summed E-state index contributed by atoms with van der Waals surface area (Å²) in [5.74, 6) is 0.351. The number of aromatic nitrogens is 4. The molecule has 0 saturated carbocycles. The van der Waals surface area contributed by atoms with Crippen LogP contribution in [0.4, 0.5) is 0 Å². The molecule has 2 aromatic heterocycles. The summed E-state index contributed by atoms with van der Waals surface area (Å²) in [7, 11) is 0. The number of rotatable bonds is 7. The Morgan fingerprint density at radius 1 is 1.28 bits per heavy atom. The van der Waals surface area contributed by atoms with Crippen molar-refractivity contribution in [3.05, 3.63) is 29.5 Å². The van der Waals surface area contributed by atoms with Gasteiger partial charge in [-0.3, -0.25) is 4.79 Å². The second kappa shape index (κ2) is 8.79. The van der Waals surface area contributed by atoms with Gasteiger partial charge in [-0.1, -0.05) is 41.6 Å². The molecule has 3 rings (SSSR count). The standard InChI is InChI=1S/C15H14ClN5OS3/c1-2-5-17-12(22)7-23-14-20-21-15(25-14)24-13-10-4-3-9(16)6-11(10)18-8-19-13/h3-4,6,8H,2,5,7H2,1H3,(H,17,22). The van der Waals surface area contributed by atoms with Gasteiger partial charge < -0.3 is 5.32 Å². The fourth-order valence-electron chi connectivity index (χ4n) is 1.91. The highest BCUT2D eigenvalue weighted by Crippen LogP contribution is 2.35. The Morgan fingerprint density at radius 3 is 2.96 bits per heavy atom. The van der Waals surface area contributed by atoms with E-state index in [1.165, 1.54) is 41.2 Å². The van der Waals surface area contributed by atoms with E-state index in [9.17, 15) is 4.79 Å². The fourth-order valence-corrected chi connectivity index (χ4v) is 4.92. The van der Waals surface area contributed by atoms with E-state index in [4.69, 9.17) is 11.6 Å². The maximum absolute atomic E-state index is 11.6. The molecule has 0 aliphatic heterocycles. The van der Waals surface area contributed by atoms with Gasteiger partial charge in [-0.05, 0) is 36.4 Å².